The Morgan fingerprint density at radius 3 is 2.74 bits per heavy atom. The van der Waals surface area contributed by atoms with E-state index in [1.54, 1.807) is 0 Å². The number of alkyl halides is 1. The summed E-state index contributed by atoms with van der Waals surface area (Å²) in [5.74, 6) is -0.882. The lowest BCUT2D eigenvalue weighted by Gasteiger charge is -2.39. The van der Waals surface area contributed by atoms with E-state index in [0.717, 1.165) is 51.4 Å². The molecule has 5 rings (SSSR count). The van der Waals surface area contributed by atoms with Crippen LogP contribution in [0.15, 0.2) is 12.1 Å². The average Bonchev–Trinajstić information content (AvgIpc) is 3.21. The number of nitrogens with zero attached hydrogens (tertiary/aromatic N) is 4. The predicted molar refractivity (Wildman–Crippen MR) is 113 cm³/mol. The summed E-state index contributed by atoms with van der Waals surface area (Å²) in [5.41, 5.74) is -0.210. The van der Waals surface area contributed by atoms with E-state index >= 15 is 0 Å². The number of anilines is 1. The number of benzene rings is 1. The molecule has 3 fully saturated rings. The minimum Gasteiger partial charge on any atom is -0.461 e. The van der Waals surface area contributed by atoms with Gasteiger partial charge in [-0.25, -0.2) is 13.2 Å². The van der Waals surface area contributed by atoms with Gasteiger partial charge in [0, 0.05) is 37.5 Å². The predicted octanol–water partition coefficient (Wildman–Crippen LogP) is 4.49. The number of ether oxygens (including phenoxy) is 1. The fourth-order valence-electron chi connectivity index (χ4n) is 5.68. The maximum atomic E-state index is 14.7. The highest BCUT2D eigenvalue weighted by molar-refractivity contribution is 5.90. The van der Waals surface area contributed by atoms with Gasteiger partial charge in [0.1, 0.15) is 29.9 Å². The van der Waals surface area contributed by atoms with E-state index in [2.05, 4.69) is 33.6 Å². The van der Waals surface area contributed by atoms with Crippen molar-refractivity contribution in [3.05, 3.63) is 23.8 Å². The van der Waals surface area contributed by atoms with Crippen LogP contribution in [0.25, 0.3) is 10.9 Å². The largest absolute Gasteiger partial charge is 0.461 e. The fraction of sp³-hybridized carbons (Fsp3) is 0.652. The summed E-state index contributed by atoms with van der Waals surface area (Å²) in [4.78, 5) is 13.1. The number of hydrogen-bond donors (Lipinski definition) is 0. The van der Waals surface area contributed by atoms with Crippen LogP contribution in [-0.4, -0.2) is 59.4 Å². The molecule has 168 valence electrons. The van der Waals surface area contributed by atoms with Crippen molar-refractivity contribution in [3.8, 4) is 6.01 Å². The third-order valence-electron chi connectivity index (χ3n) is 7.11. The van der Waals surface area contributed by atoms with E-state index in [0.29, 0.717) is 24.2 Å². The molecule has 0 amide bonds. The first-order chi connectivity index (χ1) is 14.7. The quantitative estimate of drug-likeness (QED) is 0.709. The number of piperidine rings is 1. The van der Waals surface area contributed by atoms with Gasteiger partial charge in [0.05, 0.1) is 5.54 Å². The molecule has 8 heteroatoms. The fourth-order valence-corrected chi connectivity index (χ4v) is 5.68. The lowest BCUT2D eigenvalue weighted by molar-refractivity contribution is 0.107. The van der Waals surface area contributed by atoms with Gasteiger partial charge in [-0.2, -0.15) is 9.97 Å². The van der Waals surface area contributed by atoms with Gasteiger partial charge in [-0.1, -0.05) is 13.8 Å². The first-order valence-corrected chi connectivity index (χ1v) is 11.2. The van der Waals surface area contributed by atoms with Crippen LogP contribution < -0.4 is 9.64 Å². The Kier molecular flexibility index (Phi) is 5.03. The van der Waals surface area contributed by atoms with Crippen molar-refractivity contribution in [2.45, 2.75) is 57.7 Å². The Labute approximate surface area is 180 Å². The maximum absolute atomic E-state index is 14.7. The summed E-state index contributed by atoms with van der Waals surface area (Å²) in [6, 6.07) is 2.20. The highest BCUT2D eigenvalue weighted by Gasteiger charge is 2.49. The normalized spacial score (nSPS) is 28.3. The molecule has 3 saturated heterocycles. The third kappa shape index (κ3) is 3.83. The molecule has 0 saturated carbocycles. The number of halogens is 3. The zero-order valence-corrected chi connectivity index (χ0v) is 18.1. The molecule has 0 bridgehead atoms. The number of rotatable bonds is 4. The van der Waals surface area contributed by atoms with Crippen molar-refractivity contribution in [1.29, 1.82) is 0 Å². The second kappa shape index (κ2) is 7.50. The van der Waals surface area contributed by atoms with Crippen LogP contribution in [0.1, 0.15) is 46.0 Å². The molecule has 4 heterocycles. The summed E-state index contributed by atoms with van der Waals surface area (Å²) in [6.45, 7) is 7.43. The molecular weight excluding hydrogens is 405 g/mol. The Hall–Kier alpha value is -2.09. The molecule has 0 N–H and O–H groups in total. The lowest BCUT2D eigenvalue weighted by atomic mass is 9.84. The molecule has 31 heavy (non-hydrogen) atoms. The number of hydrogen-bond acceptors (Lipinski definition) is 5. The Bertz CT molecular complexity index is 1000. The maximum Gasteiger partial charge on any atom is 0.319 e. The summed E-state index contributed by atoms with van der Waals surface area (Å²) in [6.07, 6.45) is 3.52. The first-order valence-electron chi connectivity index (χ1n) is 11.2. The monoisotopic (exact) mass is 434 g/mol. The summed E-state index contributed by atoms with van der Waals surface area (Å²) >= 11 is 0. The van der Waals surface area contributed by atoms with Crippen LogP contribution in [0.3, 0.4) is 0 Å². The van der Waals surface area contributed by atoms with Gasteiger partial charge in [0.2, 0.25) is 0 Å². The lowest BCUT2D eigenvalue weighted by Crippen LogP contribution is -2.43. The van der Waals surface area contributed by atoms with Gasteiger partial charge < -0.3 is 9.64 Å². The van der Waals surface area contributed by atoms with Crippen molar-refractivity contribution in [3.63, 3.8) is 0 Å². The van der Waals surface area contributed by atoms with E-state index in [-0.39, 0.29) is 29.1 Å². The van der Waals surface area contributed by atoms with E-state index in [4.69, 9.17) is 4.74 Å². The van der Waals surface area contributed by atoms with Crippen LogP contribution in [0.5, 0.6) is 6.01 Å². The second-order valence-electron chi connectivity index (χ2n) is 10.2. The van der Waals surface area contributed by atoms with E-state index < -0.39 is 17.8 Å². The van der Waals surface area contributed by atoms with E-state index in [9.17, 15) is 13.2 Å². The second-order valence-corrected chi connectivity index (χ2v) is 10.2. The summed E-state index contributed by atoms with van der Waals surface area (Å²) < 4.78 is 48.8. The van der Waals surface area contributed by atoms with Crippen LogP contribution in [-0.2, 0) is 0 Å². The highest BCUT2D eigenvalue weighted by Crippen LogP contribution is 2.41. The standard InChI is InChI=1S/C23H29F3N4O/c1-22(2)5-3-7-29(13-22)20-17-9-15(24)10-18(26)19(17)27-21(28-20)31-14-23-6-4-8-30(23)12-16(25)11-23/h9-10,16H,3-8,11-14H2,1-2H3/t16-,23+/m1/s1. The van der Waals surface area contributed by atoms with Crippen LogP contribution >= 0.6 is 0 Å². The number of aromatic nitrogens is 2. The van der Waals surface area contributed by atoms with Crippen molar-refractivity contribution in [1.82, 2.24) is 14.9 Å². The van der Waals surface area contributed by atoms with E-state index in [1.807, 2.05) is 0 Å². The minimum atomic E-state index is -0.854. The van der Waals surface area contributed by atoms with Gasteiger partial charge >= 0.3 is 6.01 Å². The van der Waals surface area contributed by atoms with Gasteiger partial charge in [-0.15, -0.1) is 0 Å². The molecule has 0 spiro atoms. The zero-order chi connectivity index (χ0) is 21.8. The van der Waals surface area contributed by atoms with E-state index in [1.165, 1.54) is 6.07 Å². The Morgan fingerprint density at radius 2 is 1.94 bits per heavy atom. The number of fused-ring (bicyclic) bond motifs is 2. The topological polar surface area (TPSA) is 41.5 Å². The molecule has 1 aromatic heterocycles. The van der Waals surface area contributed by atoms with Gasteiger partial charge in [-0.3, -0.25) is 4.90 Å². The summed E-state index contributed by atoms with van der Waals surface area (Å²) in [5, 5.41) is 0.355. The summed E-state index contributed by atoms with van der Waals surface area (Å²) in [7, 11) is 0. The molecule has 0 unspecified atom stereocenters. The van der Waals surface area contributed by atoms with Gasteiger partial charge in [-0.05, 0) is 43.7 Å². The van der Waals surface area contributed by atoms with Crippen molar-refractivity contribution in [2.24, 2.45) is 5.41 Å². The highest BCUT2D eigenvalue weighted by atomic mass is 19.1. The smallest absolute Gasteiger partial charge is 0.319 e. The molecule has 2 aromatic rings. The molecule has 3 aliphatic rings. The molecule has 5 nitrogen and oxygen atoms in total. The van der Waals surface area contributed by atoms with Gasteiger partial charge in [0.25, 0.3) is 0 Å². The Balaban J connectivity index is 1.50. The molecule has 2 atom stereocenters. The molecule has 0 radical (unpaired) electrons. The molecule has 1 aromatic carbocycles. The molecular formula is C23H29F3N4O. The van der Waals surface area contributed by atoms with Gasteiger partial charge in [0.15, 0.2) is 5.82 Å². The average molecular weight is 435 g/mol. The van der Waals surface area contributed by atoms with Crippen LogP contribution in [0.2, 0.25) is 0 Å². The van der Waals surface area contributed by atoms with Crippen LogP contribution in [0, 0.1) is 17.0 Å². The van der Waals surface area contributed by atoms with Crippen molar-refractivity contribution in [2.75, 3.05) is 37.7 Å². The van der Waals surface area contributed by atoms with Crippen molar-refractivity contribution >= 4 is 16.7 Å². The SMILES string of the molecule is CC1(C)CCCN(c2nc(OC[C@@]34CCCN3C[C@H](F)C4)nc3c(F)cc(F)cc23)C1. The molecule has 0 aliphatic carbocycles. The zero-order valence-electron chi connectivity index (χ0n) is 18.1. The minimum absolute atomic E-state index is 0.0559. The first kappa shape index (κ1) is 20.8. The third-order valence-corrected chi connectivity index (χ3v) is 7.11. The molecule has 3 aliphatic heterocycles. The van der Waals surface area contributed by atoms with Crippen molar-refractivity contribution < 1.29 is 17.9 Å². The van der Waals surface area contributed by atoms with Crippen LogP contribution in [0.4, 0.5) is 19.0 Å². The Morgan fingerprint density at radius 1 is 1.13 bits per heavy atom.